The largest absolute Gasteiger partial charge is 0.467 e. The van der Waals surface area contributed by atoms with Crippen molar-refractivity contribution >= 4 is 0 Å². The van der Waals surface area contributed by atoms with Crippen molar-refractivity contribution in [3.8, 4) is 23.4 Å². The summed E-state index contributed by atoms with van der Waals surface area (Å²) in [7, 11) is 2.84. The lowest BCUT2D eigenvalue weighted by Gasteiger charge is -2.02. The Kier molecular flexibility index (Phi) is 2.95. The van der Waals surface area contributed by atoms with Crippen LogP contribution in [0, 0.1) is 0 Å². The van der Waals surface area contributed by atoms with Crippen LogP contribution in [-0.4, -0.2) is 39.1 Å². The molecule has 0 aliphatic heterocycles. The van der Waals surface area contributed by atoms with E-state index in [0.717, 1.165) is 0 Å². The SMILES string of the molecule is COc1ncc(-c2nc(OC)nc(=O)[nH]2)cn1. The fraction of sp³-hybridized carbons (Fsp3) is 0.222. The van der Waals surface area contributed by atoms with Gasteiger partial charge in [-0.2, -0.15) is 4.98 Å². The fourth-order valence-corrected chi connectivity index (χ4v) is 1.14. The highest BCUT2D eigenvalue weighted by molar-refractivity contribution is 5.51. The van der Waals surface area contributed by atoms with Crippen LogP contribution in [0.5, 0.6) is 12.0 Å². The number of methoxy groups -OCH3 is 2. The zero-order chi connectivity index (χ0) is 12.3. The maximum atomic E-state index is 11.2. The average Bonchev–Trinajstić information content (AvgIpc) is 2.38. The molecule has 0 aromatic carbocycles. The summed E-state index contributed by atoms with van der Waals surface area (Å²) in [5.74, 6) is 0.282. The van der Waals surface area contributed by atoms with Gasteiger partial charge in [-0.25, -0.2) is 14.8 Å². The Labute approximate surface area is 95.7 Å². The molecule has 0 amide bonds. The summed E-state index contributed by atoms with van der Waals surface area (Å²) in [6.45, 7) is 0. The Bertz CT molecular complexity index is 566. The van der Waals surface area contributed by atoms with Gasteiger partial charge < -0.3 is 9.47 Å². The fourth-order valence-electron chi connectivity index (χ4n) is 1.14. The number of hydrogen-bond donors (Lipinski definition) is 1. The molecule has 0 aliphatic rings. The van der Waals surface area contributed by atoms with Gasteiger partial charge in [0.15, 0.2) is 0 Å². The molecule has 2 heterocycles. The van der Waals surface area contributed by atoms with Crippen LogP contribution in [0.2, 0.25) is 0 Å². The Hall–Kier alpha value is -2.51. The molecule has 0 saturated heterocycles. The Morgan fingerprint density at radius 1 is 1.06 bits per heavy atom. The van der Waals surface area contributed by atoms with Crippen molar-refractivity contribution in [3.05, 3.63) is 22.9 Å². The van der Waals surface area contributed by atoms with Gasteiger partial charge in [0.25, 0.3) is 0 Å². The van der Waals surface area contributed by atoms with Crippen molar-refractivity contribution in [1.82, 2.24) is 24.9 Å². The smallest absolute Gasteiger partial charge is 0.351 e. The summed E-state index contributed by atoms with van der Waals surface area (Å²) in [5.41, 5.74) is -0.0220. The minimum atomic E-state index is -0.553. The second-order valence-electron chi connectivity index (χ2n) is 2.95. The van der Waals surface area contributed by atoms with E-state index in [1.54, 1.807) is 0 Å². The first-order valence-electron chi connectivity index (χ1n) is 4.61. The first-order chi connectivity index (χ1) is 8.22. The lowest BCUT2D eigenvalue weighted by molar-refractivity contribution is 0.376. The van der Waals surface area contributed by atoms with Gasteiger partial charge in [-0.3, -0.25) is 4.98 Å². The van der Waals surface area contributed by atoms with Crippen LogP contribution in [0.1, 0.15) is 0 Å². The molecule has 2 aromatic heterocycles. The molecule has 0 spiro atoms. The summed E-state index contributed by atoms with van der Waals surface area (Å²) in [4.78, 5) is 28.9. The molecule has 0 unspecified atom stereocenters. The molecule has 2 rings (SSSR count). The van der Waals surface area contributed by atoms with Crippen LogP contribution in [0.4, 0.5) is 0 Å². The van der Waals surface area contributed by atoms with Gasteiger partial charge in [0.05, 0.1) is 19.8 Å². The Balaban J connectivity index is 2.44. The lowest BCUT2D eigenvalue weighted by Crippen LogP contribution is -2.14. The number of nitrogens with one attached hydrogen (secondary N) is 1. The highest BCUT2D eigenvalue weighted by Crippen LogP contribution is 2.13. The van der Waals surface area contributed by atoms with Gasteiger partial charge in [-0.15, -0.1) is 4.98 Å². The first-order valence-corrected chi connectivity index (χ1v) is 4.61. The van der Waals surface area contributed by atoms with E-state index >= 15 is 0 Å². The van der Waals surface area contributed by atoms with Crippen molar-refractivity contribution in [2.75, 3.05) is 14.2 Å². The van der Waals surface area contributed by atoms with Crippen LogP contribution < -0.4 is 15.2 Å². The minimum absolute atomic E-state index is 0.0143. The topological polar surface area (TPSA) is 103 Å². The normalized spacial score (nSPS) is 10.0. The summed E-state index contributed by atoms with van der Waals surface area (Å²) in [5, 5.41) is 0. The molecule has 8 heteroatoms. The molecule has 1 N–H and O–H groups in total. The number of aromatic amines is 1. The van der Waals surface area contributed by atoms with Gasteiger partial charge in [0.1, 0.15) is 5.82 Å². The third-order valence-corrected chi connectivity index (χ3v) is 1.90. The third-order valence-electron chi connectivity index (χ3n) is 1.90. The van der Waals surface area contributed by atoms with Crippen molar-refractivity contribution in [3.63, 3.8) is 0 Å². The molecule has 17 heavy (non-hydrogen) atoms. The molecule has 0 saturated carbocycles. The molecular formula is C9H9N5O3. The monoisotopic (exact) mass is 235 g/mol. The minimum Gasteiger partial charge on any atom is -0.467 e. The number of hydrogen-bond acceptors (Lipinski definition) is 7. The van der Waals surface area contributed by atoms with E-state index in [1.165, 1.54) is 26.6 Å². The van der Waals surface area contributed by atoms with Gasteiger partial charge in [0, 0.05) is 12.4 Å². The van der Waals surface area contributed by atoms with E-state index in [-0.39, 0.29) is 17.8 Å². The number of ether oxygens (including phenoxy) is 2. The van der Waals surface area contributed by atoms with Crippen molar-refractivity contribution in [1.29, 1.82) is 0 Å². The standard InChI is InChI=1S/C9H9N5O3/c1-16-8-10-3-5(4-11-8)6-12-7(15)14-9(13-6)17-2/h3-4H,1-2H3,(H,12,13,14,15). The number of rotatable bonds is 3. The lowest BCUT2D eigenvalue weighted by atomic mass is 10.3. The molecule has 88 valence electrons. The Morgan fingerprint density at radius 2 is 1.71 bits per heavy atom. The quantitative estimate of drug-likeness (QED) is 0.774. The molecule has 0 aliphatic carbocycles. The van der Waals surface area contributed by atoms with Crippen LogP contribution >= 0.6 is 0 Å². The zero-order valence-corrected chi connectivity index (χ0v) is 9.17. The summed E-state index contributed by atoms with van der Waals surface area (Å²) in [6, 6.07) is 0.219. The average molecular weight is 235 g/mol. The molecule has 0 fully saturated rings. The van der Waals surface area contributed by atoms with Crippen molar-refractivity contribution in [2.24, 2.45) is 0 Å². The second-order valence-corrected chi connectivity index (χ2v) is 2.95. The van der Waals surface area contributed by atoms with E-state index in [0.29, 0.717) is 5.56 Å². The molecule has 8 nitrogen and oxygen atoms in total. The van der Waals surface area contributed by atoms with Crippen molar-refractivity contribution < 1.29 is 9.47 Å². The number of H-pyrrole nitrogens is 1. The molecule has 2 aromatic rings. The molecule has 0 radical (unpaired) electrons. The van der Waals surface area contributed by atoms with Crippen LogP contribution in [0.3, 0.4) is 0 Å². The highest BCUT2D eigenvalue weighted by Gasteiger charge is 2.06. The molecule has 0 atom stereocenters. The maximum Gasteiger partial charge on any atom is 0.351 e. The van der Waals surface area contributed by atoms with Crippen LogP contribution in [0.15, 0.2) is 17.2 Å². The van der Waals surface area contributed by atoms with E-state index in [1.807, 2.05) is 0 Å². The van der Waals surface area contributed by atoms with Gasteiger partial charge >= 0.3 is 17.7 Å². The van der Waals surface area contributed by atoms with E-state index in [4.69, 9.17) is 9.47 Å². The van der Waals surface area contributed by atoms with Gasteiger partial charge in [0.2, 0.25) is 0 Å². The third kappa shape index (κ3) is 2.36. The van der Waals surface area contributed by atoms with E-state index in [9.17, 15) is 4.79 Å². The van der Waals surface area contributed by atoms with Crippen LogP contribution in [-0.2, 0) is 0 Å². The summed E-state index contributed by atoms with van der Waals surface area (Å²) >= 11 is 0. The number of aromatic nitrogens is 5. The zero-order valence-electron chi connectivity index (χ0n) is 9.17. The van der Waals surface area contributed by atoms with Gasteiger partial charge in [-0.1, -0.05) is 0 Å². The summed E-state index contributed by atoms with van der Waals surface area (Å²) < 4.78 is 9.62. The van der Waals surface area contributed by atoms with Crippen LogP contribution in [0.25, 0.3) is 11.4 Å². The van der Waals surface area contributed by atoms with E-state index < -0.39 is 5.69 Å². The second kappa shape index (κ2) is 4.56. The van der Waals surface area contributed by atoms with Gasteiger partial charge in [-0.05, 0) is 0 Å². The van der Waals surface area contributed by atoms with Crippen molar-refractivity contribution in [2.45, 2.75) is 0 Å². The first kappa shape index (κ1) is 11.0. The predicted molar refractivity (Wildman–Crippen MR) is 56.8 cm³/mol. The molecule has 0 bridgehead atoms. The molecular weight excluding hydrogens is 226 g/mol. The number of nitrogens with zero attached hydrogens (tertiary/aromatic N) is 4. The highest BCUT2D eigenvalue weighted by atomic mass is 16.5. The van der Waals surface area contributed by atoms with E-state index in [2.05, 4.69) is 24.9 Å². The predicted octanol–water partition coefficient (Wildman–Crippen LogP) is -0.361. The Morgan fingerprint density at radius 3 is 2.29 bits per heavy atom. The summed E-state index contributed by atoms with van der Waals surface area (Å²) in [6.07, 6.45) is 2.95. The maximum absolute atomic E-state index is 11.2.